The standard InChI is InChI=1S/C29H30N6O3/c30-8-19-10-32-34-13-22(38-16-26-24-14-37-15-25(24)26)7-23(29(19)34)18-3-4-27(31-9-18)33-11-20-6-21(12-33)35(20)28(36)5-17-1-2-17/h3-4,7,9-10,13,17,20-21,24-26H,1-2,5-6,11-12,14-16H2. The average molecular weight is 511 g/mol. The Morgan fingerprint density at radius 2 is 1.97 bits per heavy atom. The molecule has 9 heteroatoms. The summed E-state index contributed by atoms with van der Waals surface area (Å²) in [5, 5.41) is 14.1. The van der Waals surface area contributed by atoms with Crippen molar-refractivity contribution in [2.45, 2.75) is 37.8 Å². The highest BCUT2D eigenvalue weighted by atomic mass is 16.5. The van der Waals surface area contributed by atoms with E-state index in [4.69, 9.17) is 14.5 Å². The van der Waals surface area contributed by atoms with Gasteiger partial charge in [0, 0.05) is 42.8 Å². The largest absolute Gasteiger partial charge is 0.492 e. The number of piperazine rings is 1. The maximum atomic E-state index is 12.7. The van der Waals surface area contributed by atoms with Gasteiger partial charge < -0.3 is 19.3 Å². The summed E-state index contributed by atoms with van der Waals surface area (Å²) in [5.74, 6) is 4.47. The Kier molecular flexibility index (Phi) is 4.96. The van der Waals surface area contributed by atoms with Crippen LogP contribution in [0.25, 0.3) is 16.6 Å². The van der Waals surface area contributed by atoms with E-state index < -0.39 is 0 Å². The summed E-state index contributed by atoms with van der Waals surface area (Å²) in [7, 11) is 0. The molecule has 6 aliphatic rings. The van der Waals surface area contributed by atoms with Gasteiger partial charge in [-0.1, -0.05) is 0 Å². The van der Waals surface area contributed by atoms with E-state index >= 15 is 0 Å². The second-order valence-electron chi connectivity index (χ2n) is 11.7. The molecule has 4 saturated heterocycles. The zero-order valence-corrected chi connectivity index (χ0v) is 21.2. The fourth-order valence-electron chi connectivity index (χ4n) is 6.89. The van der Waals surface area contributed by atoms with Crippen molar-refractivity contribution < 1.29 is 14.3 Å². The lowest BCUT2D eigenvalue weighted by molar-refractivity contribution is -0.146. The van der Waals surface area contributed by atoms with Crippen molar-refractivity contribution in [3.8, 4) is 22.9 Å². The summed E-state index contributed by atoms with van der Waals surface area (Å²) in [6, 6.07) is 8.99. The van der Waals surface area contributed by atoms with Gasteiger partial charge in [0.15, 0.2) is 0 Å². The highest BCUT2D eigenvalue weighted by Gasteiger charge is 2.54. The van der Waals surface area contributed by atoms with Gasteiger partial charge in [-0.2, -0.15) is 10.4 Å². The highest BCUT2D eigenvalue weighted by Crippen LogP contribution is 2.50. The van der Waals surface area contributed by atoms with Crippen LogP contribution in [0.3, 0.4) is 0 Å². The number of hydrogen-bond acceptors (Lipinski definition) is 7. The molecule has 9 nitrogen and oxygen atoms in total. The Hall–Kier alpha value is -3.64. The average Bonchev–Trinajstić information content (AvgIpc) is 3.76. The van der Waals surface area contributed by atoms with E-state index in [0.29, 0.717) is 53.8 Å². The molecule has 0 N–H and O–H groups in total. The van der Waals surface area contributed by atoms with Crippen molar-refractivity contribution in [3.05, 3.63) is 42.4 Å². The third kappa shape index (κ3) is 3.65. The molecule has 4 atom stereocenters. The summed E-state index contributed by atoms with van der Waals surface area (Å²) >= 11 is 0. The first-order valence-electron chi connectivity index (χ1n) is 13.8. The van der Waals surface area contributed by atoms with Crippen molar-refractivity contribution in [1.82, 2.24) is 19.5 Å². The molecule has 2 saturated carbocycles. The molecule has 194 valence electrons. The molecule has 9 rings (SSSR count). The van der Waals surface area contributed by atoms with Crippen LogP contribution < -0.4 is 9.64 Å². The first-order valence-corrected chi connectivity index (χ1v) is 13.8. The smallest absolute Gasteiger partial charge is 0.223 e. The fraction of sp³-hybridized carbons (Fsp3) is 0.517. The number of hydrogen-bond donors (Lipinski definition) is 0. The Morgan fingerprint density at radius 3 is 2.68 bits per heavy atom. The van der Waals surface area contributed by atoms with E-state index in [2.05, 4.69) is 27.0 Å². The number of carbonyl (C=O) groups excluding carboxylic acids is 1. The number of fused-ring (bicyclic) bond motifs is 4. The number of amides is 1. The molecule has 38 heavy (non-hydrogen) atoms. The minimum atomic E-state index is 0.303. The van der Waals surface area contributed by atoms with Crippen LogP contribution in [-0.2, 0) is 9.53 Å². The molecule has 7 heterocycles. The first-order chi connectivity index (χ1) is 18.7. The van der Waals surface area contributed by atoms with Crippen LogP contribution in [0.4, 0.5) is 5.82 Å². The summed E-state index contributed by atoms with van der Waals surface area (Å²) in [5.41, 5.74) is 3.08. The number of carbonyl (C=O) groups is 1. The summed E-state index contributed by atoms with van der Waals surface area (Å²) in [6.45, 7) is 4.03. The maximum absolute atomic E-state index is 12.7. The van der Waals surface area contributed by atoms with Gasteiger partial charge in [0.25, 0.3) is 0 Å². The molecule has 2 aliphatic carbocycles. The highest BCUT2D eigenvalue weighted by molar-refractivity contribution is 5.85. The zero-order chi connectivity index (χ0) is 25.4. The predicted molar refractivity (Wildman–Crippen MR) is 139 cm³/mol. The Labute approximate surface area is 220 Å². The van der Waals surface area contributed by atoms with E-state index in [1.165, 1.54) is 12.8 Å². The second-order valence-corrected chi connectivity index (χ2v) is 11.7. The van der Waals surface area contributed by atoms with Gasteiger partial charge in [-0.25, -0.2) is 9.50 Å². The summed E-state index contributed by atoms with van der Waals surface area (Å²) < 4.78 is 13.5. The van der Waals surface area contributed by atoms with Gasteiger partial charge >= 0.3 is 0 Å². The third-order valence-electron chi connectivity index (χ3n) is 9.30. The molecule has 3 aromatic heterocycles. The number of rotatable bonds is 7. The predicted octanol–water partition coefficient (Wildman–Crippen LogP) is 3.13. The second kappa shape index (κ2) is 8.43. The Bertz CT molecular complexity index is 1440. The number of nitriles is 1. The van der Waals surface area contributed by atoms with Gasteiger partial charge in [-0.3, -0.25) is 4.79 Å². The number of ether oxygens (including phenoxy) is 2. The van der Waals surface area contributed by atoms with Crippen molar-refractivity contribution in [2.75, 3.05) is 37.8 Å². The third-order valence-corrected chi connectivity index (χ3v) is 9.30. The molecule has 3 aromatic rings. The van der Waals surface area contributed by atoms with E-state index in [9.17, 15) is 10.1 Å². The number of nitrogens with zero attached hydrogens (tertiary/aromatic N) is 6. The van der Waals surface area contributed by atoms with E-state index in [0.717, 1.165) is 67.4 Å². The molecule has 4 unspecified atom stereocenters. The quantitative estimate of drug-likeness (QED) is 0.482. The number of anilines is 1. The van der Waals surface area contributed by atoms with Crippen LogP contribution in [0.2, 0.25) is 0 Å². The lowest BCUT2D eigenvalue weighted by Gasteiger charge is -2.56. The topological polar surface area (TPSA) is 96.0 Å². The van der Waals surface area contributed by atoms with E-state index in [-0.39, 0.29) is 0 Å². The Morgan fingerprint density at radius 1 is 1.16 bits per heavy atom. The lowest BCUT2D eigenvalue weighted by atomic mass is 9.86. The maximum Gasteiger partial charge on any atom is 0.223 e. The monoisotopic (exact) mass is 510 g/mol. The van der Waals surface area contributed by atoms with E-state index in [1.807, 2.05) is 24.5 Å². The van der Waals surface area contributed by atoms with Gasteiger partial charge in [0.2, 0.25) is 5.91 Å². The van der Waals surface area contributed by atoms with E-state index in [1.54, 1.807) is 10.7 Å². The molecular formula is C29H30N6O3. The molecule has 1 amide bonds. The number of pyridine rings is 2. The van der Waals surface area contributed by atoms with Gasteiger partial charge in [0.05, 0.1) is 55.4 Å². The molecule has 0 radical (unpaired) electrons. The first kappa shape index (κ1) is 22.4. The van der Waals surface area contributed by atoms with Crippen molar-refractivity contribution in [3.63, 3.8) is 0 Å². The Balaban J connectivity index is 1.02. The van der Waals surface area contributed by atoms with Gasteiger partial charge in [-0.15, -0.1) is 0 Å². The molecule has 0 spiro atoms. The summed E-state index contributed by atoms with van der Waals surface area (Å²) in [6.07, 6.45) is 9.59. The van der Waals surface area contributed by atoms with Crippen molar-refractivity contribution in [2.24, 2.45) is 23.7 Å². The van der Waals surface area contributed by atoms with Crippen LogP contribution in [0.5, 0.6) is 5.75 Å². The summed E-state index contributed by atoms with van der Waals surface area (Å²) in [4.78, 5) is 21.9. The minimum Gasteiger partial charge on any atom is -0.492 e. The fourth-order valence-corrected chi connectivity index (χ4v) is 6.89. The SMILES string of the molecule is N#Cc1cnn2cc(OCC3C4COCC43)cc(-c3ccc(N4CC5CC(C4)N5C(=O)CC4CC4)nc3)c12. The molecule has 2 bridgehead atoms. The molecular weight excluding hydrogens is 480 g/mol. The van der Waals surface area contributed by atoms with Gasteiger partial charge in [0.1, 0.15) is 17.6 Å². The van der Waals surface area contributed by atoms with Crippen LogP contribution >= 0.6 is 0 Å². The van der Waals surface area contributed by atoms with Crippen LogP contribution in [0.1, 0.15) is 31.2 Å². The normalized spacial score (nSPS) is 29.1. The zero-order valence-electron chi connectivity index (χ0n) is 21.2. The van der Waals surface area contributed by atoms with Crippen molar-refractivity contribution >= 4 is 17.2 Å². The van der Waals surface area contributed by atoms with Gasteiger partial charge in [-0.05, 0) is 55.2 Å². The van der Waals surface area contributed by atoms with Crippen molar-refractivity contribution in [1.29, 1.82) is 5.26 Å². The molecule has 4 aliphatic heterocycles. The lowest BCUT2D eigenvalue weighted by Crippen LogP contribution is -2.70. The number of piperidine rings is 1. The number of aromatic nitrogens is 3. The molecule has 0 aromatic carbocycles. The van der Waals surface area contributed by atoms with Crippen LogP contribution in [-0.4, -0.2) is 70.4 Å². The van der Waals surface area contributed by atoms with Crippen LogP contribution in [0.15, 0.2) is 36.8 Å². The minimum absolute atomic E-state index is 0.303. The molecule has 6 fully saturated rings. The van der Waals surface area contributed by atoms with Crippen LogP contribution in [0, 0.1) is 35.0 Å².